The van der Waals surface area contributed by atoms with Gasteiger partial charge in [-0.05, 0) is 74.9 Å². The van der Waals surface area contributed by atoms with Crippen LogP contribution in [0.15, 0.2) is 103 Å². The first-order valence-electron chi connectivity index (χ1n) is 18.4. The molecule has 0 radical (unpaired) electrons. The number of esters is 3. The standard InChI is InChI=1S/C43H53NO8/c1-3-4-5-21-30-37(45)31-22-10-8-6-7-9-11-23-32-38(52-41(48)36-28-19-14-20-29-36)43(42(49)50-2,44-39(46)34-24-15-12-16-25-34)33-51-40(47)35-26-17-13-18-27-35/h9,11-20,24-29,38H,3-8,10,21-23,30-33H2,1-2H3,(H,44,46)/b11-9+/t38-,43-/m0/s1. The van der Waals surface area contributed by atoms with Gasteiger partial charge in [0.05, 0.1) is 18.2 Å². The predicted molar refractivity (Wildman–Crippen MR) is 201 cm³/mol. The number of carbonyl (C=O) groups excluding carboxylic acids is 5. The maximum Gasteiger partial charge on any atom is 0.339 e. The maximum atomic E-state index is 13.8. The van der Waals surface area contributed by atoms with E-state index in [1.54, 1.807) is 91.0 Å². The molecule has 3 aromatic rings. The Morgan fingerprint density at radius 3 is 1.75 bits per heavy atom. The molecule has 0 heterocycles. The molecule has 3 rings (SSSR count). The van der Waals surface area contributed by atoms with Crippen LogP contribution in [-0.2, 0) is 23.8 Å². The summed E-state index contributed by atoms with van der Waals surface area (Å²) in [5.74, 6) is -2.67. The molecule has 3 aromatic carbocycles. The summed E-state index contributed by atoms with van der Waals surface area (Å²) >= 11 is 0. The van der Waals surface area contributed by atoms with Crippen molar-refractivity contribution >= 4 is 29.6 Å². The van der Waals surface area contributed by atoms with Crippen molar-refractivity contribution in [2.75, 3.05) is 13.7 Å². The number of amides is 1. The van der Waals surface area contributed by atoms with Crippen LogP contribution in [0.5, 0.6) is 0 Å². The molecular formula is C43H53NO8. The van der Waals surface area contributed by atoms with E-state index >= 15 is 0 Å². The van der Waals surface area contributed by atoms with E-state index in [0.29, 0.717) is 25.0 Å². The molecule has 0 aliphatic carbocycles. The number of carbonyl (C=O) groups is 5. The van der Waals surface area contributed by atoms with Gasteiger partial charge in [0, 0.05) is 18.4 Å². The lowest BCUT2D eigenvalue weighted by atomic mass is 9.88. The Bertz CT molecular complexity index is 1560. The number of rotatable bonds is 24. The molecular weight excluding hydrogens is 658 g/mol. The Hall–Kier alpha value is -5.05. The third kappa shape index (κ3) is 13.9. The molecule has 0 unspecified atom stereocenters. The number of methoxy groups -OCH3 is 1. The second-order valence-corrected chi connectivity index (χ2v) is 12.8. The van der Waals surface area contributed by atoms with E-state index < -0.39 is 42.1 Å². The summed E-state index contributed by atoms with van der Waals surface area (Å²) in [6, 6.07) is 24.8. The fourth-order valence-electron chi connectivity index (χ4n) is 5.81. The van der Waals surface area contributed by atoms with E-state index in [0.717, 1.165) is 52.1 Å². The van der Waals surface area contributed by atoms with Gasteiger partial charge < -0.3 is 19.5 Å². The normalized spacial score (nSPS) is 12.7. The van der Waals surface area contributed by atoms with Gasteiger partial charge in [-0.15, -0.1) is 0 Å². The lowest BCUT2D eigenvalue weighted by molar-refractivity contribution is -0.156. The molecule has 9 heteroatoms. The SMILES string of the molecule is CCCCCCC(=O)CCCCCC/C=C/CC[C@H](OC(=O)c1ccccc1)[C@](COC(=O)c1ccccc1)(NC(=O)c1ccccc1)C(=O)OC. The monoisotopic (exact) mass is 711 g/mol. The van der Waals surface area contributed by atoms with Crippen LogP contribution in [0.4, 0.5) is 0 Å². The van der Waals surface area contributed by atoms with Gasteiger partial charge in [-0.3, -0.25) is 9.59 Å². The van der Waals surface area contributed by atoms with Crippen LogP contribution < -0.4 is 5.32 Å². The second-order valence-electron chi connectivity index (χ2n) is 12.8. The summed E-state index contributed by atoms with van der Waals surface area (Å²) in [6.07, 6.45) is 13.6. The van der Waals surface area contributed by atoms with E-state index in [9.17, 15) is 24.0 Å². The van der Waals surface area contributed by atoms with E-state index in [4.69, 9.17) is 14.2 Å². The molecule has 2 atom stereocenters. The first-order chi connectivity index (χ1) is 25.3. The lowest BCUT2D eigenvalue weighted by Gasteiger charge is -2.37. The van der Waals surface area contributed by atoms with Crippen LogP contribution in [0.2, 0.25) is 0 Å². The molecule has 0 saturated heterocycles. The number of benzene rings is 3. The number of allylic oxidation sites excluding steroid dienone is 2. The summed E-state index contributed by atoms with van der Waals surface area (Å²) < 4.78 is 16.9. The highest BCUT2D eigenvalue weighted by molar-refractivity contribution is 5.99. The Morgan fingerprint density at radius 1 is 0.654 bits per heavy atom. The van der Waals surface area contributed by atoms with Crippen LogP contribution in [-0.4, -0.2) is 55.0 Å². The smallest absolute Gasteiger partial charge is 0.339 e. The van der Waals surface area contributed by atoms with Gasteiger partial charge in [0.25, 0.3) is 5.91 Å². The molecule has 0 saturated carbocycles. The molecule has 9 nitrogen and oxygen atoms in total. The lowest BCUT2D eigenvalue weighted by Crippen LogP contribution is -2.66. The van der Waals surface area contributed by atoms with Crippen LogP contribution >= 0.6 is 0 Å². The quantitative estimate of drug-likeness (QED) is 0.0424. The van der Waals surface area contributed by atoms with Gasteiger partial charge in [0.2, 0.25) is 5.54 Å². The van der Waals surface area contributed by atoms with Crippen molar-refractivity contribution in [2.45, 2.75) is 102 Å². The summed E-state index contributed by atoms with van der Waals surface area (Å²) in [7, 11) is 1.16. The summed E-state index contributed by atoms with van der Waals surface area (Å²) in [4.78, 5) is 66.2. The average Bonchev–Trinajstić information content (AvgIpc) is 3.18. The minimum Gasteiger partial charge on any atom is -0.467 e. The van der Waals surface area contributed by atoms with Crippen molar-refractivity contribution in [1.29, 1.82) is 0 Å². The Balaban J connectivity index is 1.76. The Labute approximate surface area is 308 Å². The highest BCUT2D eigenvalue weighted by Crippen LogP contribution is 2.26. The van der Waals surface area contributed by atoms with Crippen molar-refractivity contribution in [3.05, 3.63) is 120 Å². The molecule has 0 bridgehead atoms. The second kappa shape index (κ2) is 23.4. The number of Topliss-reactive ketones (excluding diaryl/α,β-unsaturated/α-hetero) is 1. The van der Waals surface area contributed by atoms with Crippen molar-refractivity contribution in [3.8, 4) is 0 Å². The largest absolute Gasteiger partial charge is 0.467 e. The van der Waals surface area contributed by atoms with Crippen molar-refractivity contribution in [3.63, 3.8) is 0 Å². The highest BCUT2D eigenvalue weighted by atomic mass is 16.6. The van der Waals surface area contributed by atoms with Crippen LogP contribution in [0.25, 0.3) is 0 Å². The third-order valence-corrected chi connectivity index (χ3v) is 8.82. The number of ketones is 1. The Morgan fingerprint density at radius 2 is 1.17 bits per heavy atom. The molecule has 1 N–H and O–H groups in total. The fourth-order valence-corrected chi connectivity index (χ4v) is 5.81. The van der Waals surface area contributed by atoms with Gasteiger partial charge in [-0.1, -0.05) is 106 Å². The third-order valence-electron chi connectivity index (χ3n) is 8.82. The van der Waals surface area contributed by atoms with E-state index in [1.807, 2.05) is 12.2 Å². The molecule has 1 amide bonds. The molecule has 0 aliphatic heterocycles. The van der Waals surface area contributed by atoms with Crippen LogP contribution in [0.3, 0.4) is 0 Å². The number of nitrogens with one attached hydrogen (secondary N) is 1. The van der Waals surface area contributed by atoms with Crippen molar-refractivity contribution in [2.24, 2.45) is 0 Å². The van der Waals surface area contributed by atoms with Gasteiger partial charge in [-0.25, -0.2) is 14.4 Å². The first kappa shape index (κ1) is 41.4. The number of hydrogen-bond donors (Lipinski definition) is 1. The minimum atomic E-state index is -2.10. The molecule has 0 aliphatic rings. The highest BCUT2D eigenvalue weighted by Gasteiger charge is 2.52. The zero-order chi connectivity index (χ0) is 37.4. The predicted octanol–water partition coefficient (Wildman–Crippen LogP) is 8.63. The number of ether oxygens (including phenoxy) is 3. The van der Waals surface area contributed by atoms with Gasteiger partial charge in [0.1, 0.15) is 18.5 Å². The zero-order valence-electron chi connectivity index (χ0n) is 30.6. The fraction of sp³-hybridized carbons (Fsp3) is 0.419. The molecule has 0 fully saturated rings. The molecule has 52 heavy (non-hydrogen) atoms. The number of hydrogen-bond acceptors (Lipinski definition) is 8. The zero-order valence-corrected chi connectivity index (χ0v) is 30.6. The molecule has 278 valence electrons. The van der Waals surface area contributed by atoms with E-state index in [2.05, 4.69) is 12.2 Å². The van der Waals surface area contributed by atoms with Crippen LogP contribution in [0.1, 0.15) is 121 Å². The average molecular weight is 712 g/mol. The van der Waals surface area contributed by atoms with Crippen molar-refractivity contribution in [1.82, 2.24) is 5.32 Å². The van der Waals surface area contributed by atoms with Crippen LogP contribution in [0, 0.1) is 0 Å². The van der Waals surface area contributed by atoms with Gasteiger partial charge in [-0.2, -0.15) is 0 Å². The summed E-state index contributed by atoms with van der Waals surface area (Å²) in [5, 5.41) is 2.75. The van der Waals surface area contributed by atoms with Gasteiger partial charge >= 0.3 is 17.9 Å². The summed E-state index contributed by atoms with van der Waals surface area (Å²) in [5.41, 5.74) is -1.37. The van der Waals surface area contributed by atoms with E-state index in [-0.39, 0.29) is 23.1 Å². The van der Waals surface area contributed by atoms with Gasteiger partial charge in [0.15, 0.2) is 0 Å². The van der Waals surface area contributed by atoms with E-state index in [1.165, 1.54) is 12.8 Å². The van der Waals surface area contributed by atoms with Crippen molar-refractivity contribution < 1.29 is 38.2 Å². The molecule has 0 spiro atoms. The first-order valence-corrected chi connectivity index (χ1v) is 18.4. The summed E-state index contributed by atoms with van der Waals surface area (Å²) in [6.45, 7) is 1.50. The Kier molecular flexibility index (Phi) is 18.6. The number of unbranched alkanes of at least 4 members (excludes halogenated alkanes) is 7. The molecule has 0 aromatic heterocycles. The minimum absolute atomic E-state index is 0.0997. The topological polar surface area (TPSA) is 125 Å². The maximum absolute atomic E-state index is 13.8.